The van der Waals surface area contributed by atoms with Crippen LogP contribution in [0, 0.1) is 11.8 Å². The highest BCUT2D eigenvalue weighted by Crippen LogP contribution is 2.37. The smallest absolute Gasteiger partial charge is 0.0963 e. The summed E-state index contributed by atoms with van der Waals surface area (Å²) < 4.78 is 0. The van der Waals surface area contributed by atoms with E-state index in [4.69, 9.17) is 10.7 Å². The number of unbranched alkanes of at least 4 members (excludes halogenated alkanes) is 2. The van der Waals surface area contributed by atoms with Gasteiger partial charge in [0.2, 0.25) is 0 Å². The van der Waals surface area contributed by atoms with Gasteiger partial charge < -0.3 is 16.4 Å². The Morgan fingerprint density at radius 1 is 0.951 bits per heavy atom. The van der Waals surface area contributed by atoms with Crippen LogP contribution in [0.15, 0.2) is 115 Å². The minimum absolute atomic E-state index is 0.379. The molecule has 0 radical (unpaired) electrons. The fourth-order valence-electron chi connectivity index (χ4n) is 7.83. The summed E-state index contributed by atoms with van der Waals surface area (Å²) in [7, 11) is 4.40. The van der Waals surface area contributed by atoms with Crippen LogP contribution < -0.4 is 11.5 Å². The summed E-state index contributed by atoms with van der Waals surface area (Å²) in [5, 5.41) is 3.62. The number of likely N-dealkylation sites (tertiary alicyclic amines) is 1. The van der Waals surface area contributed by atoms with Crippen molar-refractivity contribution in [3.63, 3.8) is 0 Å². The molecular weight excluding hydrogens is 763 g/mol. The number of hydrogen-bond donors (Lipinski definition) is 2. The van der Waals surface area contributed by atoms with Crippen molar-refractivity contribution in [1.29, 1.82) is 0 Å². The van der Waals surface area contributed by atoms with Gasteiger partial charge in [0.15, 0.2) is 0 Å². The molecule has 0 bridgehead atoms. The Bertz CT molecular complexity index is 1580. The molecule has 1 aliphatic heterocycles. The molecule has 5 atom stereocenters. The average Bonchev–Trinajstić information content (AvgIpc) is 3.69. The molecular formula is C55H93N5S. The number of benzene rings is 1. The first kappa shape index (κ1) is 57.5. The van der Waals surface area contributed by atoms with Crippen LogP contribution in [0.25, 0.3) is 0 Å². The van der Waals surface area contributed by atoms with Gasteiger partial charge in [-0.2, -0.15) is 0 Å². The molecule has 3 rings (SSSR count). The lowest BCUT2D eigenvalue weighted by atomic mass is 9.85. The molecule has 0 amide bonds. The molecule has 1 aromatic carbocycles. The molecule has 344 valence electrons. The van der Waals surface area contributed by atoms with E-state index in [2.05, 4.69) is 167 Å². The molecule has 1 aliphatic rings. The Balaban J connectivity index is 0.00000155. The van der Waals surface area contributed by atoms with Crippen molar-refractivity contribution in [2.24, 2.45) is 23.3 Å². The highest BCUT2D eigenvalue weighted by atomic mass is 32.1. The van der Waals surface area contributed by atoms with E-state index in [9.17, 15) is 0 Å². The second-order valence-electron chi connectivity index (χ2n) is 18.3. The minimum Gasteiger partial charge on any atom is -0.405 e. The van der Waals surface area contributed by atoms with Gasteiger partial charge in [-0.3, -0.25) is 4.90 Å². The number of aromatic nitrogens is 1. The lowest BCUT2D eigenvalue weighted by Gasteiger charge is -2.34. The topological polar surface area (TPSA) is 71.4 Å². The first-order chi connectivity index (χ1) is 28.8. The Morgan fingerprint density at radius 3 is 2.03 bits per heavy atom. The molecule has 1 aromatic heterocycles. The fourth-order valence-corrected chi connectivity index (χ4v) is 8.85. The molecule has 2 aromatic rings. The summed E-state index contributed by atoms with van der Waals surface area (Å²) in [5.41, 5.74) is 20.1. The van der Waals surface area contributed by atoms with Crippen LogP contribution in [0.1, 0.15) is 167 Å². The van der Waals surface area contributed by atoms with E-state index < -0.39 is 0 Å². The van der Waals surface area contributed by atoms with Gasteiger partial charge in [-0.05, 0) is 135 Å². The number of likely N-dealkylation sites (N-methyl/N-ethyl adjacent to an activating group) is 1. The zero-order valence-corrected chi connectivity index (χ0v) is 42.2. The summed E-state index contributed by atoms with van der Waals surface area (Å²) in [5.74, 6) is 1.78. The van der Waals surface area contributed by atoms with Gasteiger partial charge >= 0.3 is 0 Å². The summed E-state index contributed by atoms with van der Waals surface area (Å²) in [6.07, 6.45) is 20.5. The number of aryl methyl sites for hydroxylation is 1. The Hall–Kier alpha value is -3.45. The largest absolute Gasteiger partial charge is 0.405 e. The highest BCUT2D eigenvalue weighted by molar-refractivity contribution is 7.09. The molecule has 2 heterocycles. The van der Waals surface area contributed by atoms with Crippen LogP contribution in [0.5, 0.6) is 0 Å². The minimum atomic E-state index is 0.379. The van der Waals surface area contributed by atoms with Gasteiger partial charge in [0.25, 0.3) is 0 Å². The average molecular weight is 856 g/mol. The van der Waals surface area contributed by atoms with Crippen molar-refractivity contribution in [1.82, 2.24) is 14.8 Å². The second kappa shape index (κ2) is 33.2. The predicted octanol–water partition coefficient (Wildman–Crippen LogP) is 14.7. The molecule has 0 aliphatic carbocycles. The fraction of sp³-hybridized carbons (Fsp3) is 0.582. The van der Waals surface area contributed by atoms with Crippen molar-refractivity contribution in [2.75, 3.05) is 27.2 Å². The number of piperidine rings is 1. The zero-order valence-electron chi connectivity index (χ0n) is 41.3. The van der Waals surface area contributed by atoms with Gasteiger partial charge in [0.1, 0.15) is 0 Å². The Kier molecular flexibility index (Phi) is 31.3. The standard InChI is InChI=1S/C39H60N2S.C8H16N2.C6H12.C2H5N/c1-13-14-33-15-17-34(18-16-33)24-35(23-32(11)29(6)7)37-26-42-39(40-37)36(22-28(4)5)25-38(30(8)9)41(12)20-19-31(10)21-27(2)3;1-7(9)8-5-3-4-6-10(8)2;1-3-5-6-4-2;1-2-3/h15-18,21,26,30,32,35-36,38H,4,6,10,13-14,19-20,22-25H2,1-3,5,7-9,11-12H3;8H,1,3-6,9H2,2H3;3H,1,4-6H2,2H3;2H,1,3H2. The molecule has 4 N–H and O–H groups in total. The quantitative estimate of drug-likeness (QED) is 0.0662. The number of allylic oxidation sites excluding steroid dienone is 5. The van der Waals surface area contributed by atoms with Crippen LogP contribution in [0.3, 0.4) is 0 Å². The van der Waals surface area contributed by atoms with Crippen molar-refractivity contribution in [2.45, 2.75) is 170 Å². The first-order valence-corrected chi connectivity index (χ1v) is 24.2. The van der Waals surface area contributed by atoms with Crippen LogP contribution in [-0.4, -0.2) is 54.1 Å². The molecule has 0 spiro atoms. The van der Waals surface area contributed by atoms with Crippen LogP contribution in [-0.2, 0) is 12.8 Å². The monoisotopic (exact) mass is 856 g/mol. The second-order valence-corrected chi connectivity index (χ2v) is 19.2. The number of rotatable bonds is 23. The van der Waals surface area contributed by atoms with E-state index in [0.717, 1.165) is 50.8 Å². The van der Waals surface area contributed by atoms with E-state index in [0.29, 0.717) is 35.8 Å². The predicted molar refractivity (Wildman–Crippen MR) is 277 cm³/mol. The van der Waals surface area contributed by atoms with Gasteiger partial charge in [0, 0.05) is 41.5 Å². The Labute approximate surface area is 382 Å². The zero-order chi connectivity index (χ0) is 46.5. The lowest BCUT2D eigenvalue weighted by molar-refractivity contribution is 0.173. The molecule has 61 heavy (non-hydrogen) atoms. The number of nitrogens with two attached hydrogens (primary N) is 2. The van der Waals surface area contributed by atoms with Gasteiger partial charge in [-0.1, -0.05) is 145 Å². The Morgan fingerprint density at radius 2 is 1.57 bits per heavy atom. The number of hydrogen-bond acceptors (Lipinski definition) is 6. The summed E-state index contributed by atoms with van der Waals surface area (Å²) in [6.45, 7) is 45.6. The molecule has 5 unspecified atom stereocenters. The third-order valence-corrected chi connectivity index (χ3v) is 12.6. The van der Waals surface area contributed by atoms with E-state index in [1.807, 2.05) is 17.4 Å². The van der Waals surface area contributed by atoms with Crippen molar-refractivity contribution in [3.8, 4) is 0 Å². The van der Waals surface area contributed by atoms with Crippen molar-refractivity contribution >= 4 is 11.3 Å². The number of nitrogens with zero attached hydrogens (tertiary/aromatic N) is 3. The normalized spacial score (nSPS) is 15.6. The number of thiazole rings is 1. The third-order valence-electron chi connectivity index (χ3n) is 11.5. The summed E-state index contributed by atoms with van der Waals surface area (Å²) in [6, 6.07) is 10.2. The van der Waals surface area contributed by atoms with Gasteiger partial charge in [0.05, 0.1) is 10.7 Å². The molecule has 5 nitrogen and oxygen atoms in total. The van der Waals surface area contributed by atoms with Gasteiger partial charge in [-0.25, -0.2) is 4.98 Å². The van der Waals surface area contributed by atoms with Crippen LogP contribution in [0.4, 0.5) is 0 Å². The van der Waals surface area contributed by atoms with E-state index in [1.165, 1.54) is 102 Å². The van der Waals surface area contributed by atoms with Gasteiger partial charge in [-0.15, -0.1) is 24.5 Å². The van der Waals surface area contributed by atoms with Crippen LogP contribution >= 0.6 is 11.3 Å². The van der Waals surface area contributed by atoms with E-state index >= 15 is 0 Å². The summed E-state index contributed by atoms with van der Waals surface area (Å²) >= 11 is 1.86. The molecule has 1 saturated heterocycles. The third kappa shape index (κ3) is 25.3. The van der Waals surface area contributed by atoms with Crippen molar-refractivity contribution in [3.05, 3.63) is 137 Å². The maximum Gasteiger partial charge on any atom is 0.0963 e. The van der Waals surface area contributed by atoms with Crippen LogP contribution in [0.2, 0.25) is 0 Å². The first-order valence-electron chi connectivity index (χ1n) is 23.3. The summed E-state index contributed by atoms with van der Waals surface area (Å²) in [4.78, 5) is 10.2. The maximum absolute atomic E-state index is 5.62. The van der Waals surface area contributed by atoms with E-state index in [-0.39, 0.29) is 0 Å². The molecule has 6 heteroatoms. The highest BCUT2D eigenvalue weighted by Gasteiger charge is 2.28. The molecule has 0 saturated carbocycles. The van der Waals surface area contributed by atoms with E-state index in [1.54, 1.807) is 0 Å². The lowest BCUT2D eigenvalue weighted by Crippen LogP contribution is -2.39. The molecule has 1 fully saturated rings. The van der Waals surface area contributed by atoms with Crippen molar-refractivity contribution < 1.29 is 0 Å². The SMILES string of the molecule is C=C(C)CC(CC(C(C)C)N(C)CCC(=C)C=C(C)C)c1nc(C(Cc2ccc(CCC)cc2)CC(C)C(=C)C)cs1.C=C(N)C1CCCCN1C.C=CCCCC.C=CN. The maximum atomic E-state index is 5.62.